The van der Waals surface area contributed by atoms with E-state index in [0.717, 1.165) is 10.0 Å². The minimum absolute atomic E-state index is 0.0345. The number of rotatable bonds is 7. The molecule has 2 aliphatic rings. The number of alkyl halides is 2. The third-order valence-corrected chi connectivity index (χ3v) is 10.9. The van der Waals surface area contributed by atoms with Crippen LogP contribution in [0, 0.1) is 11.8 Å². The Labute approximate surface area is 278 Å². The van der Waals surface area contributed by atoms with Gasteiger partial charge in [0.15, 0.2) is 5.78 Å². The lowest BCUT2D eigenvalue weighted by molar-refractivity contribution is -0.154. The summed E-state index contributed by atoms with van der Waals surface area (Å²) in [6, 6.07) is 16.2. The van der Waals surface area contributed by atoms with Gasteiger partial charge >= 0.3 is 5.97 Å². The number of nitrogens with zero attached hydrogens (tertiary/aromatic N) is 2. The maximum absolute atomic E-state index is 13.8. The van der Waals surface area contributed by atoms with Gasteiger partial charge in [-0.2, -0.15) is 5.01 Å². The van der Waals surface area contributed by atoms with Crippen LogP contribution >= 0.6 is 66.7 Å². The molecule has 5 rings (SSSR count). The predicted molar refractivity (Wildman–Crippen MR) is 168 cm³/mol. The number of carbonyl (C=O) groups is 5. The summed E-state index contributed by atoms with van der Waals surface area (Å²) in [4.78, 5) is 66.8. The molecule has 2 fully saturated rings. The Morgan fingerprint density at radius 1 is 0.814 bits per heavy atom. The largest absolute Gasteiger partial charge is 0.423 e. The molecule has 0 radical (unpaired) electrons. The van der Waals surface area contributed by atoms with Crippen LogP contribution in [-0.4, -0.2) is 55.7 Å². The molecule has 222 valence electrons. The summed E-state index contributed by atoms with van der Waals surface area (Å²) in [5.74, 6) is -4.27. The fraction of sp³-hybridized carbons (Fsp3) is 0.233. The zero-order chi connectivity index (χ0) is 31.0. The number of esters is 1. The number of carbonyl (C=O) groups excluding carboxylic acids is 5. The highest BCUT2D eigenvalue weighted by Crippen LogP contribution is 2.44. The molecule has 0 spiro atoms. The Morgan fingerprint density at radius 3 is 2.00 bits per heavy atom. The first-order valence-corrected chi connectivity index (χ1v) is 16.0. The molecule has 0 N–H and O–H groups in total. The third-order valence-electron chi connectivity index (χ3n) is 7.30. The summed E-state index contributed by atoms with van der Waals surface area (Å²) in [6.07, 6.45) is 0.788. The van der Waals surface area contributed by atoms with Crippen molar-refractivity contribution in [3.63, 3.8) is 0 Å². The summed E-state index contributed by atoms with van der Waals surface area (Å²) >= 11 is 25.4. The van der Waals surface area contributed by atoms with Crippen molar-refractivity contribution < 1.29 is 28.7 Å². The van der Waals surface area contributed by atoms with Gasteiger partial charge in [-0.1, -0.05) is 78.8 Å². The lowest BCUT2D eigenvalue weighted by atomic mass is 9.81. The molecule has 0 unspecified atom stereocenters. The fourth-order valence-electron chi connectivity index (χ4n) is 5.08. The highest BCUT2D eigenvalue weighted by atomic mass is 79.9. The Morgan fingerprint density at radius 2 is 1.42 bits per heavy atom. The Kier molecular flexibility index (Phi) is 9.63. The van der Waals surface area contributed by atoms with Gasteiger partial charge in [-0.15, -0.1) is 0 Å². The summed E-state index contributed by atoms with van der Waals surface area (Å²) < 4.78 is 5.36. The average Bonchev–Trinajstić information content (AvgIpc) is 3.20. The molecule has 43 heavy (non-hydrogen) atoms. The van der Waals surface area contributed by atoms with E-state index in [2.05, 4.69) is 31.9 Å². The van der Waals surface area contributed by atoms with Crippen LogP contribution in [0.15, 0.2) is 66.7 Å². The lowest BCUT2D eigenvalue weighted by Crippen LogP contribution is -2.52. The van der Waals surface area contributed by atoms with Crippen molar-refractivity contribution in [1.29, 1.82) is 0 Å². The van der Waals surface area contributed by atoms with Crippen LogP contribution in [0.1, 0.15) is 43.9 Å². The van der Waals surface area contributed by atoms with Gasteiger partial charge in [0.05, 0.1) is 33.0 Å². The van der Waals surface area contributed by atoms with E-state index in [1.807, 2.05) is 0 Å². The lowest BCUT2D eigenvalue weighted by Gasteiger charge is -2.30. The first-order chi connectivity index (χ1) is 20.5. The SMILES string of the molecule is O=C(CN(C(=O)c1ccccc1Cl)N1C(=O)[C@@H]2C[C@@H](Br)[C@@H](Br)C[C@H]2C1=O)c1ccc(OC(=O)c2ccc(Cl)cc2Cl)cc1. The van der Waals surface area contributed by atoms with Crippen LogP contribution < -0.4 is 4.74 Å². The highest BCUT2D eigenvalue weighted by Gasteiger charge is 2.54. The Hall–Kier alpha value is -2.76. The van der Waals surface area contributed by atoms with Gasteiger partial charge < -0.3 is 4.74 Å². The topological polar surface area (TPSA) is 101 Å². The average molecular weight is 772 g/mol. The number of fused-ring (bicyclic) bond motifs is 1. The van der Waals surface area contributed by atoms with Crippen molar-refractivity contribution in [2.75, 3.05) is 6.54 Å². The van der Waals surface area contributed by atoms with Crippen molar-refractivity contribution in [1.82, 2.24) is 10.0 Å². The maximum atomic E-state index is 13.8. The minimum atomic E-state index is -0.768. The molecule has 3 aromatic rings. The number of ether oxygens (including phenoxy) is 1. The van der Waals surface area contributed by atoms with Gasteiger partial charge in [0, 0.05) is 20.2 Å². The van der Waals surface area contributed by atoms with Crippen molar-refractivity contribution in [3.05, 3.63) is 98.5 Å². The number of hydrogen-bond acceptors (Lipinski definition) is 6. The van der Waals surface area contributed by atoms with Crippen molar-refractivity contribution >= 4 is 96.1 Å². The monoisotopic (exact) mass is 768 g/mol. The van der Waals surface area contributed by atoms with Gasteiger partial charge in [0.2, 0.25) is 0 Å². The minimum Gasteiger partial charge on any atom is -0.423 e. The molecule has 4 atom stereocenters. The first kappa shape index (κ1) is 31.7. The van der Waals surface area contributed by atoms with Gasteiger partial charge in [-0.3, -0.25) is 19.2 Å². The second-order valence-electron chi connectivity index (χ2n) is 10.0. The molecular formula is C30H21Br2Cl3N2O6. The second kappa shape index (κ2) is 13.1. The normalized spacial score (nSPS) is 21.4. The molecule has 1 aliphatic carbocycles. The zero-order valence-electron chi connectivity index (χ0n) is 22.0. The van der Waals surface area contributed by atoms with E-state index >= 15 is 0 Å². The molecule has 13 heteroatoms. The number of Topliss-reactive ketones (excluding diaryl/α,β-unsaturated/α-hetero) is 1. The number of hydrogen-bond donors (Lipinski definition) is 0. The zero-order valence-corrected chi connectivity index (χ0v) is 27.5. The van der Waals surface area contributed by atoms with E-state index in [4.69, 9.17) is 39.5 Å². The van der Waals surface area contributed by atoms with E-state index in [0.29, 0.717) is 17.9 Å². The van der Waals surface area contributed by atoms with E-state index in [9.17, 15) is 24.0 Å². The van der Waals surface area contributed by atoms with Crippen LogP contribution in [0.4, 0.5) is 0 Å². The molecule has 8 nitrogen and oxygen atoms in total. The van der Waals surface area contributed by atoms with Crippen LogP contribution in [0.3, 0.4) is 0 Å². The first-order valence-electron chi connectivity index (χ1n) is 13.0. The number of imide groups is 1. The number of ketones is 1. The maximum Gasteiger partial charge on any atom is 0.345 e. The van der Waals surface area contributed by atoms with Crippen molar-refractivity contribution in [3.8, 4) is 5.75 Å². The summed E-state index contributed by atoms with van der Waals surface area (Å²) in [5, 5.41) is 2.26. The molecule has 0 aromatic heterocycles. The number of benzene rings is 3. The predicted octanol–water partition coefficient (Wildman–Crippen LogP) is 7.03. The van der Waals surface area contributed by atoms with Crippen LogP contribution in [0.5, 0.6) is 5.75 Å². The van der Waals surface area contributed by atoms with Gasteiger partial charge in [0.25, 0.3) is 17.7 Å². The standard InChI is InChI=1S/C30H21Br2Cl3N2O6/c31-22-12-20-21(13-23(22)32)29(41)37(28(20)40)36(27(39)18-3-1-2-4-24(18)34)14-26(38)15-5-8-17(9-6-15)43-30(42)19-10-7-16(33)11-25(19)35/h1-11,20-23H,12-14H2/t20-,21-,22-,23+/m1/s1. The number of hydrazine groups is 1. The smallest absolute Gasteiger partial charge is 0.345 e. The summed E-state index contributed by atoms with van der Waals surface area (Å²) in [5.41, 5.74) is 0.295. The van der Waals surface area contributed by atoms with Crippen LogP contribution in [0.25, 0.3) is 0 Å². The van der Waals surface area contributed by atoms with E-state index in [1.54, 1.807) is 12.1 Å². The van der Waals surface area contributed by atoms with Crippen LogP contribution in [-0.2, 0) is 9.59 Å². The molecule has 3 amide bonds. The van der Waals surface area contributed by atoms with Gasteiger partial charge in [0.1, 0.15) is 12.3 Å². The molecule has 1 saturated heterocycles. The molecule has 1 aliphatic heterocycles. The van der Waals surface area contributed by atoms with E-state index in [-0.39, 0.29) is 42.1 Å². The molecule has 1 heterocycles. The van der Waals surface area contributed by atoms with Crippen molar-refractivity contribution in [2.45, 2.75) is 22.5 Å². The molecule has 1 saturated carbocycles. The van der Waals surface area contributed by atoms with Crippen molar-refractivity contribution in [2.24, 2.45) is 11.8 Å². The summed E-state index contributed by atoms with van der Waals surface area (Å²) in [6.45, 7) is -0.615. The third kappa shape index (κ3) is 6.54. The van der Waals surface area contributed by atoms with E-state index in [1.165, 1.54) is 54.6 Å². The second-order valence-corrected chi connectivity index (χ2v) is 13.6. The van der Waals surface area contributed by atoms with Gasteiger partial charge in [-0.05, 0) is 67.4 Å². The Bertz CT molecular complexity index is 1610. The highest BCUT2D eigenvalue weighted by molar-refractivity contribution is 9.12. The molecule has 3 aromatic carbocycles. The quantitative estimate of drug-likeness (QED) is 0.0842. The van der Waals surface area contributed by atoms with E-state index < -0.39 is 47.9 Å². The molecule has 0 bridgehead atoms. The number of amides is 3. The van der Waals surface area contributed by atoms with Gasteiger partial charge in [-0.25, -0.2) is 9.80 Å². The number of halogens is 5. The van der Waals surface area contributed by atoms with Crippen LogP contribution in [0.2, 0.25) is 15.1 Å². The fourth-order valence-corrected chi connectivity index (χ4v) is 7.02. The summed E-state index contributed by atoms with van der Waals surface area (Å²) in [7, 11) is 0. The molecular weight excluding hydrogens is 751 g/mol. The Balaban J connectivity index is 1.39.